The smallest absolute Gasteiger partial charge is 0.478 e. The third-order valence-electron chi connectivity index (χ3n) is 14.6. The fourth-order valence-electron chi connectivity index (χ4n) is 9.89. The third-order valence-corrected chi connectivity index (χ3v) is 14.6. The summed E-state index contributed by atoms with van der Waals surface area (Å²) in [6, 6.07) is 41.4. The van der Waals surface area contributed by atoms with Gasteiger partial charge < -0.3 is 35.5 Å². The van der Waals surface area contributed by atoms with Gasteiger partial charge in [0.05, 0.1) is 73.5 Å². The molecule has 1 aliphatic rings. The quantitative estimate of drug-likeness (QED) is 0.0145. The van der Waals surface area contributed by atoms with E-state index in [1.54, 1.807) is 12.3 Å². The Hall–Kier alpha value is -11.5. The van der Waals surface area contributed by atoms with E-state index in [0.717, 1.165) is 95.0 Å². The second-order valence-electron chi connectivity index (χ2n) is 23.7. The summed E-state index contributed by atoms with van der Waals surface area (Å²) in [6.07, 6.45) is 9.56. The van der Waals surface area contributed by atoms with Crippen LogP contribution in [0.25, 0.3) is 56.5 Å². The van der Waals surface area contributed by atoms with Crippen molar-refractivity contribution in [2.75, 3.05) is 60.2 Å². The van der Waals surface area contributed by atoms with Crippen molar-refractivity contribution in [1.29, 1.82) is 0 Å². The summed E-state index contributed by atoms with van der Waals surface area (Å²) in [6.45, 7) is 3.26. The number of aromatic nitrogens is 10. The second-order valence-corrected chi connectivity index (χ2v) is 24.6. The molecule has 27 nitrogen and oxygen atoms in total. The SMILES string of the molecule is CN(C)CCCO.CN(C)CCCOc1ccnc(-c2cccc(Cn3nc(-c4cc(F)cc(F)c4)ccc3=O)c2)n1.Nc1cnc(-c2cccc(Cn3nc(-c4cc(F)cc(F)c4)ccc3=O)c2)nc1.O=C1C=CN=C(c2cccc(Cn3nc(-c4cc(F)cc(F)c4)ccc3=O)c2)C1.O=N[O-].O=S(=O)(O)O.[Na+]. The van der Waals surface area contributed by atoms with Gasteiger partial charge in [-0.25, -0.2) is 55.3 Å². The molecule has 109 heavy (non-hydrogen) atoms. The molecule has 5 aromatic heterocycles. The van der Waals surface area contributed by atoms with Crippen LogP contribution in [0.3, 0.4) is 0 Å². The number of hydrogen-bond donors (Lipinski definition) is 4. The molecule has 0 unspecified atom stereocenters. The fraction of sp³-hybridized carbons (Fsp3) is 0.189. The molecule has 0 spiro atoms. The number of carbonyl (C=O) groups excluding carboxylic acids is 1. The number of rotatable bonds is 20. The number of aliphatic hydroxyl groups is 1. The molecule has 0 amide bonds. The molecule has 1 aliphatic heterocycles. The molecule has 6 aromatic carbocycles. The summed E-state index contributed by atoms with van der Waals surface area (Å²) in [7, 11) is 3.35. The Balaban J connectivity index is 0.000000233. The van der Waals surface area contributed by atoms with Gasteiger partial charge in [0, 0.05) is 95.8 Å². The number of aliphatic imine (C=N–C) groups is 1. The molecule has 0 atom stereocenters. The van der Waals surface area contributed by atoms with E-state index in [1.165, 1.54) is 99.4 Å². The minimum atomic E-state index is -4.67. The molecule has 5 N–H and O–H groups in total. The van der Waals surface area contributed by atoms with E-state index in [2.05, 4.69) is 50.0 Å². The van der Waals surface area contributed by atoms with Gasteiger partial charge in [-0.15, -0.1) is 5.34 Å². The topological polar surface area (TPSA) is 375 Å². The van der Waals surface area contributed by atoms with Gasteiger partial charge in [-0.05, 0) is 149 Å². The number of nitrogens with zero attached hydrogens (tertiary/aromatic N) is 14. The van der Waals surface area contributed by atoms with E-state index in [9.17, 15) is 45.5 Å². The maximum atomic E-state index is 13.6. The number of aliphatic hydroxyl groups excluding tert-OH is 1. The van der Waals surface area contributed by atoms with E-state index in [4.69, 9.17) is 43.2 Å². The molecule has 0 fully saturated rings. The molecule has 0 saturated heterocycles. The average Bonchev–Trinajstić information content (AvgIpc) is 0.825. The van der Waals surface area contributed by atoms with Gasteiger partial charge in [0.2, 0.25) is 5.88 Å². The van der Waals surface area contributed by atoms with E-state index in [0.29, 0.717) is 53.5 Å². The van der Waals surface area contributed by atoms with Crippen molar-refractivity contribution >= 4 is 27.6 Å². The predicted molar refractivity (Wildman–Crippen MR) is 392 cm³/mol. The number of halogens is 6. The number of allylic oxidation sites excluding steroid dienone is 1. The summed E-state index contributed by atoms with van der Waals surface area (Å²) in [4.78, 5) is 82.1. The predicted octanol–water partition coefficient (Wildman–Crippen LogP) is 7.34. The Kier molecular flexibility index (Phi) is 33.9. The monoisotopic (exact) mass is 1530 g/mol. The van der Waals surface area contributed by atoms with Crippen LogP contribution < -0.4 is 56.7 Å². The van der Waals surface area contributed by atoms with Crippen molar-refractivity contribution < 1.29 is 88.1 Å². The Morgan fingerprint density at radius 2 is 0.908 bits per heavy atom. The zero-order valence-corrected chi connectivity index (χ0v) is 62.0. The summed E-state index contributed by atoms with van der Waals surface area (Å²) in [5.41, 5.74) is 12.0. The zero-order valence-electron chi connectivity index (χ0n) is 59.2. The van der Waals surface area contributed by atoms with E-state index >= 15 is 0 Å². The van der Waals surface area contributed by atoms with Crippen LogP contribution in [0, 0.1) is 45.0 Å². The Bertz CT molecular complexity index is 5210. The van der Waals surface area contributed by atoms with Gasteiger partial charge in [0.25, 0.3) is 16.7 Å². The van der Waals surface area contributed by atoms with Gasteiger partial charge in [-0.1, -0.05) is 54.6 Å². The fourth-order valence-corrected chi connectivity index (χ4v) is 9.89. The third kappa shape index (κ3) is 29.7. The van der Waals surface area contributed by atoms with Crippen molar-refractivity contribution in [3.05, 3.63) is 299 Å². The molecule has 0 bridgehead atoms. The minimum absolute atomic E-state index is 0. The first kappa shape index (κ1) is 86.4. The number of carbonyl (C=O) groups is 1. The summed E-state index contributed by atoms with van der Waals surface area (Å²) in [5, 5.41) is 30.1. The molecule has 562 valence electrons. The Morgan fingerprint density at radius 3 is 1.28 bits per heavy atom. The first-order valence-corrected chi connectivity index (χ1v) is 33.7. The molecule has 0 saturated carbocycles. The van der Waals surface area contributed by atoms with Crippen LogP contribution >= 0.6 is 0 Å². The van der Waals surface area contributed by atoms with Crippen LogP contribution in [0.1, 0.15) is 41.5 Å². The van der Waals surface area contributed by atoms with Gasteiger partial charge in [-0.3, -0.25) is 33.3 Å². The van der Waals surface area contributed by atoms with Gasteiger partial charge >= 0.3 is 40.0 Å². The van der Waals surface area contributed by atoms with Gasteiger partial charge in [0.1, 0.15) is 34.9 Å². The van der Waals surface area contributed by atoms with Crippen molar-refractivity contribution in [3.63, 3.8) is 0 Å². The van der Waals surface area contributed by atoms with Crippen molar-refractivity contribution in [3.8, 4) is 62.4 Å². The van der Waals surface area contributed by atoms with Crippen LogP contribution in [0.4, 0.5) is 32.0 Å². The normalized spacial score (nSPS) is 11.3. The molecule has 35 heteroatoms. The number of nitrogen functional groups attached to an aromatic ring is 1. The molecular weight excluding hydrogens is 1460 g/mol. The van der Waals surface area contributed by atoms with Crippen molar-refractivity contribution in [2.45, 2.75) is 38.9 Å². The summed E-state index contributed by atoms with van der Waals surface area (Å²) in [5.74, 6) is -2.81. The average molecular weight is 1530 g/mol. The maximum Gasteiger partial charge on any atom is 1.00 e. The van der Waals surface area contributed by atoms with E-state index in [1.807, 2.05) is 101 Å². The van der Waals surface area contributed by atoms with Gasteiger partial charge in [-0.2, -0.15) is 28.7 Å². The Labute approximate surface area is 641 Å². The second kappa shape index (κ2) is 42.8. The van der Waals surface area contributed by atoms with Crippen LogP contribution in [-0.2, 0) is 34.8 Å². The van der Waals surface area contributed by atoms with Crippen LogP contribution in [-0.4, -0.2) is 148 Å². The molecule has 0 radical (unpaired) electrons. The maximum absolute atomic E-state index is 13.6. The first-order chi connectivity index (χ1) is 51.5. The number of ketones is 1. The number of benzene rings is 6. The summed E-state index contributed by atoms with van der Waals surface area (Å²) >= 11 is 0. The van der Waals surface area contributed by atoms with Crippen molar-refractivity contribution in [2.24, 2.45) is 10.3 Å². The molecule has 6 heterocycles. The van der Waals surface area contributed by atoms with Gasteiger partial charge in [0.15, 0.2) is 17.4 Å². The number of anilines is 1. The number of ether oxygens (including phenoxy) is 1. The van der Waals surface area contributed by atoms with E-state index in [-0.39, 0.29) is 100 Å². The van der Waals surface area contributed by atoms with Crippen LogP contribution in [0.5, 0.6) is 5.88 Å². The van der Waals surface area contributed by atoms with Crippen LogP contribution in [0.2, 0.25) is 0 Å². The zero-order chi connectivity index (χ0) is 78.5. The standard InChI is InChI=1S/C26H25F2N5O2.C22H15F2N3O2.C21H15F2N5O.C5H13NO.HNO2.Na.H2O4S/c1-32(2)11-4-12-35-24-9-10-29-26(30-24)19-6-3-5-18(13-19)17-33-25(34)8-7-23(31-33)20-14-21(27)16-22(28)15-20;23-17-9-16(10-18(24)11-17)20-4-5-22(29)27(26-20)13-14-2-1-3-15(8-14)21-12-19(28)6-7-25-21;22-16-7-15(8-17(23)9-16)19-4-5-20(29)28(27-19)12-13-2-1-3-14(6-13)21-25-10-18(24)11-26-21;1-6(2)4-3-5-7;2-1-3;;1-5(2,3)4/h3,5-10,13-16H,4,11-12,17H2,1-2H3;1-11H,12-13H2;1-11H,12,24H2;7H,3-5H2,1-2H3;(H,2,3);;(H2,1,2,3,4)/q;;;;;+1;/p-1. The first-order valence-electron chi connectivity index (χ1n) is 32.3. The van der Waals surface area contributed by atoms with Crippen molar-refractivity contribution in [1.82, 2.24) is 59.1 Å². The summed E-state index contributed by atoms with van der Waals surface area (Å²) < 4.78 is 122. The van der Waals surface area contributed by atoms with E-state index < -0.39 is 45.3 Å². The molecule has 12 rings (SSSR count). The molecular formula is C74H70F6N15NaO12S. The number of hydrogen-bond acceptors (Lipinski definition) is 22. The minimum Gasteiger partial charge on any atom is -0.478 e. The Morgan fingerprint density at radius 1 is 0.532 bits per heavy atom. The number of nitrogens with two attached hydrogens (primary N) is 1. The largest absolute Gasteiger partial charge is 1.00 e. The molecule has 11 aromatic rings. The van der Waals surface area contributed by atoms with Crippen LogP contribution in [0.15, 0.2) is 225 Å². The molecule has 0 aliphatic carbocycles.